The van der Waals surface area contributed by atoms with Gasteiger partial charge in [-0.25, -0.2) is 0 Å². The Kier molecular flexibility index (Phi) is 6.09. The van der Waals surface area contributed by atoms with E-state index in [0.717, 1.165) is 5.75 Å². The van der Waals surface area contributed by atoms with Crippen LogP contribution in [0.1, 0.15) is 16.2 Å². The molecule has 9 heteroatoms. The SMILES string of the molecule is COCCSCC(=O)c1ccc(-c2noc(C(F)(F)Cl)n2)cc1. The number of nitrogens with zero attached hydrogens (tertiary/aromatic N) is 2. The molecular formula is C14H13ClF2N2O3S. The third kappa shape index (κ3) is 4.98. The summed E-state index contributed by atoms with van der Waals surface area (Å²) in [5.74, 6) is 0.0583. The molecule has 0 aliphatic carbocycles. The van der Waals surface area contributed by atoms with Crippen molar-refractivity contribution in [1.82, 2.24) is 10.1 Å². The van der Waals surface area contributed by atoms with Crippen molar-refractivity contribution in [2.24, 2.45) is 0 Å². The lowest BCUT2D eigenvalue weighted by Gasteiger charge is -2.02. The van der Waals surface area contributed by atoms with Crippen molar-refractivity contribution < 1.29 is 22.8 Å². The molecule has 1 heterocycles. The highest BCUT2D eigenvalue weighted by Gasteiger charge is 2.35. The van der Waals surface area contributed by atoms with Crippen LogP contribution in [0.25, 0.3) is 11.4 Å². The van der Waals surface area contributed by atoms with E-state index in [1.165, 1.54) is 11.8 Å². The largest absolute Gasteiger partial charge is 0.400 e. The van der Waals surface area contributed by atoms with Crippen molar-refractivity contribution in [3.63, 3.8) is 0 Å². The second-order valence-corrected chi connectivity index (χ2v) is 6.05. The summed E-state index contributed by atoms with van der Waals surface area (Å²) in [4.78, 5) is 15.5. The van der Waals surface area contributed by atoms with Gasteiger partial charge in [0.1, 0.15) is 0 Å². The quantitative estimate of drug-likeness (QED) is 0.406. The minimum absolute atomic E-state index is 0.0196. The molecule has 0 saturated heterocycles. The van der Waals surface area contributed by atoms with Crippen LogP contribution in [-0.2, 0) is 10.1 Å². The van der Waals surface area contributed by atoms with Gasteiger partial charge < -0.3 is 9.26 Å². The number of alkyl halides is 3. The maximum atomic E-state index is 12.8. The van der Waals surface area contributed by atoms with E-state index < -0.39 is 11.3 Å². The zero-order valence-electron chi connectivity index (χ0n) is 12.1. The molecule has 0 aliphatic heterocycles. The Labute approximate surface area is 140 Å². The number of carbonyl (C=O) groups is 1. The van der Waals surface area contributed by atoms with E-state index in [2.05, 4.69) is 14.7 Å². The molecule has 0 amide bonds. The van der Waals surface area contributed by atoms with E-state index in [9.17, 15) is 13.6 Å². The lowest BCUT2D eigenvalue weighted by Crippen LogP contribution is -2.04. The predicted octanol–water partition coefficient (Wildman–Crippen LogP) is 3.59. The highest BCUT2D eigenvalue weighted by Crippen LogP contribution is 2.32. The van der Waals surface area contributed by atoms with Crippen molar-refractivity contribution in [1.29, 1.82) is 0 Å². The molecule has 124 valence electrons. The number of benzene rings is 1. The van der Waals surface area contributed by atoms with Crippen LogP contribution in [0.5, 0.6) is 0 Å². The number of carbonyl (C=O) groups excluding carboxylic acids is 1. The van der Waals surface area contributed by atoms with Crippen LogP contribution in [0.2, 0.25) is 0 Å². The van der Waals surface area contributed by atoms with E-state index in [1.807, 2.05) is 0 Å². The van der Waals surface area contributed by atoms with Crippen molar-refractivity contribution in [3.05, 3.63) is 35.7 Å². The van der Waals surface area contributed by atoms with E-state index >= 15 is 0 Å². The number of methoxy groups -OCH3 is 1. The molecule has 0 fully saturated rings. The van der Waals surface area contributed by atoms with Gasteiger partial charge in [0.15, 0.2) is 5.78 Å². The number of Topliss-reactive ketones (excluding diaryl/α,β-unsaturated/α-hetero) is 1. The van der Waals surface area contributed by atoms with Gasteiger partial charge in [-0.15, -0.1) is 0 Å². The summed E-state index contributed by atoms with van der Waals surface area (Å²) in [6.45, 7) is 0.586. The normalized spacial score (nSPS) is 11.7. The van der Waals surface area contributed by atoms with Crippen molar-refractivity contribution in [2.75, 3.05) is 25.2 Å². The zero-order chi connectivity index (χ0) is 16.9. The molecule has 2 aromatic rings. The van der Waals surface area contributed by atoms with Crippen LogP contribution in [0.3, 0.4) is 0 Å². The molecule has 0 bridgehead atoms. The number of thioether (sulfide) groups is 1. The van der Waals surface area contributed by atoms with Crippen LogP contribution in [-0.4, -0.2) is 41.1 Å². The fraction of sp³-hybridized carbons (Fsp3) is 0.357. The maximum Gasteiger partial charge on any atom is 0.400 e. The van der Waals surface area contributed by atoms with E-state index in [0.29, 0.717) is 23.5 Å². The molecule has 0 aliphatic rings. The minimum Gasteiger partial charge on any atom is -0.384 e. The fourth-order valence-electron chi connectivity index (χ4n) is 1.65. The fourth-order valence-corrected chi connectivity index (χ4v) is 2.51. The molecule has 0 unspecified atom stereocenters. The molecule has 23 heavy (non-hydrogen) atoms. The lowest BCUT2D eigenvalue weighted by atomic mass is 10.1. The summed E-state index contributed by atoms with van der Waals surface area (Å²) in [5, 5.41) is -0.264. The monoisotopic (exact) mass is 362 g/mol. The summed E-state index contributed by atoms with van der Waals surface area (Å²) >= 11 is 6.29. The highest BCUT2D eigenvalue weighted by molar-refractivity contribution is 8.00. The molecule has 0 atom stereocenters. The number of ketones is 1. The Morgan fingerprint density at radius 1 is 1.39 bits per heavy atom. The number of hydrogen-bond donors (Lipinski definition) is 0. The van der Waals surface area contributed by atoms with Crippen LogP contribution in [0.4, 0.5) is 8.78 Å². The predicted molar refractivity (Wildman–Crippen MR) is 83.0 cm³/mol. The van der Waals surface area contributed by atoms with E-state index in [1.54, 1.807) is 31.4 Å². The molecule has 0 N–H and O–H groups in total. The molecular weight excluding hydrogens is 350 g/mol. The summed E-state index contributed by atoms with van der Waals surface area (Å²) in [6.07, 6.45) is 0. The molecule has 2 rings (SSSR count). The van der Waals surface area contributed by atoms with Crippen LogP contribution in [0.15, 0.2) is 28.8 Å². The van der Waals surface area contributed by atoms with Gasteiger partial charge in [-0.3, -0.25) is 4.79 Å². The standard InChI is InChI=1S/C14H13ClF2N2O3S/c1-21-6-7-23-8-11(20)9-2-4-10(5-3-9)12-18-13(22-19-12)14(15,16)17/h2-5H,6-8H2,1H3. The molecule has 0 saturated carbocycles. The summed E-state index contributed by atoms with van der Waals surface area (Å²) in [6, 6.07) is 6.30. The highest BCUT2D eigenvalue weighted by atomic mass is 35.5. The van der Waals surface area contributed by atoms with Gasteiger partial charge in [0.25, 0.3) is 0 Å². The van der Waals surface area contributed by atoms with Gasteiger partial charge in [-0.2, -0.15) is 25.5 Å². The van der Waals surface area contributed by atoms with Crippen molar-refractivity contribution in [2.45, 2.75) is 5.38 Å². The summed E-state index contributed by atoms with van der Waals surface area (Å²) < 4.78 is 35.0. The van der Waals surface area contributed by atoms with Crippen molar-refractivity contribution >= 4 is 29.1 Å². The van der Waals surface area contributed by atoms with E-state index in [-0.39, 0.29) is 11.6 Å². The third-order valence-electron chi connectivity index (χ3n) is 2.80. The Morgan fingerprint density at radius 2 is 2.09 bits per heavy atom. The Bertz CT molecular complexity index is 659. The second-order valence-electron chi connectivity index (χ2n) is 4.47. The van der Waals surface area contributed by atoms with Gasteiger partial charge in [-0.1, -0.05) is 29.4 Å². The summed E-state index contributed by atoms with van der Waals surface area (Å²) in [7, 11) is 1.60. The molecule has 0 radical (unpaired) electrons. The Morgan fingerprint density at radius 3 is 2.65 bits per heavy atom. The van der Waals surface area contributed by atoms with E-state index in [4.69, 9.17) is 16.3 Å². The topological polar surface area (TPSA) is 65.2 Å². The Balaban J connectivity index is 2.02. The average Bonchev–Trinajstić information content (AvgIpc) is 3.02. The van der Waals surface area contributed by atoms with Crippen LogP contribution < -0.4 is 0 Å². The second kappa shape index (κ2) is 7.85. The first kappa shape index (κ1) is 17.8. The first-order valence-electron chi connectivity index (χ1n) is 6.53. The number of rotatable bonds is 8. The van der Waals surface area contributed by atoms with Crippen molar-refractivity contribution in [3.8, 4) is 11.4 Å². The van der Waals surface area contributed by atoms with Crippen LogP contribution >= 0.6 is 23.4 Å². The first-order valence-corrected chi connectivity index (χ1v) is 8.06. The Hall–Kier alpha value is -1.51. The average molecular weight is 363 g/mol. The maximum absolute atomic E-state index is 12.8. The van der Waals surface area contributed by atoms with Gasteiger partial charge >= 0.3 is 11.3 Å². The molecule has 0 spiro atoms. The third-order valence-corrected chi connectivity index (χ3v) is 3.88. The van der Waals surface area contributed by atoms with Crippen LogP contribution in [0, 0.1) is 0 Å². The van der Waals surface area contributed by atoms with Gasteiger partial charge in [0.05, 0.1) is 12.4 Å². The number of ether oxygens (including phenoxy) is 1. The van der Waals surface area contributed by atoms with Gasteiger partial charge in [0.2, 0.25) is 5.82 Å². The zero-order valence-corrected chi connectivity index (χ0v) is 13.7. The minimum atomic E-state index is -3.71. The summed E-state index contributed by atoms with van der Waals surface area (Å²) in [5.41, 5.74) is 0.967. The molecule has 1 aromatic carbocycles. The number of halogens is 3. The number of aromatic nitrogens is 2. The molecule has 5 nitrogen and oxygen atoms in total. The molecule has 1 aromatic heterocycles. The smallest absolute Gasteiger partial charge is 0.384 e. The first-order chi connectivity index (χ1) is 10.9. The van der Waals surface area contributed by atoms with Gasteiger partial charge in [0, 0.05) is 24.0 Å². The number of hydrogen-bond acceptors (Lipinski definition) is 6. The van der Waals surface area contributed by atoms with Gasteiger partial charge in [-0.05, 0) is 11.6 Å². The lowest BCUT2D eigenvalue weighted by molar-refractivity contribution is 0.0551.